The Bertz CT molecular complexity index is 1320. The molecule has 2 aromatic carbocycles. The lowest BCUT2D eigenvalue weighted by molar-refractivity contribution is -0.207. The third-order valence-electron chi connectivity index (χ3n) is 5.34. The quantitative estimate of drug-likeness (QED) is 0.439. The first kappa shape index (κ1) is 25.4. The first-order chi connectivity index (χ1) is 16.8. The number of carbonyl (C=O) groups is 1. The van der Waals surface area contributed by atoms with Gasteiger partial charge in [0, 0.05) is 40.2 Å². The number of hydrogen-bond acceptors (Lipinski definition) is 4. The highest BCUT2D eigenvalue weighted by molar-refractivity contribution is 6.11. The summed E-state index contributed by atoms with van der Waals surface area (Å²) in [5.41, 5.74) is -0.954. The van der Waals surface area contributed by atoms with Crippen LogP contribution in [-0.2, 0) is 6.54 Å². The van der Waals surface area contributed by atoms with Gasteiger partial charge < -0.3 is 14.7 Å². The van der Waals surface area contributed by atoms with Crippen molar-refractivity contribution in [3.05, 3.63) is 77.0 Å². The number of fused-ring (bicyclic) bond motifs is 1. The van der Waals surface area contributed by atoms with Crippen LogP contribution in [0, 0.1) is 11.6 Å². The number of pyridine rings is 1. The average molecular weight is 518 g/mol. The second-order valence-electron chi connectivity index (χ2n) is 7.77. The molecule has 0 unspecified atom stereocenters. The van der Waals surface area contributed by atoms with Gasteiger partial charge in [-0.15, -0.1) is 0 Å². The minimum Gasteiger partial charge on any atom is -0.483 e. The summed E-state index contributed by atoms with van der Waals surface area (Å²) in [6.07, 6.45) is -11.7. The molecule has 1 aromatic heterocycles. The van der Waals surface area contributed by atoms with Crippen LogP contribution >= 0.6 is 0 Å². The zero-order valence-corrected chi connectivity index (χ0v) is 17.8. The molecule has 1 atom stereocenters. The van der Waals surface area contributed by atoms with Gasteiger partial charge in [-0.05, 0) is 30.3 Å². The number of hydrogen-bond donors (Lipinski definition) is 1. The second kappa shape index (κ2) is 9.04. The lowest BCUT2D eigenvalue weighted by atomic mass is 10.0. The molecule has 0 bridgehead atoms. The Hall–Kier alpha value is -3.74. The molecule has 1 aliphatic heterocycles. The highest BCUT2D eigenvalue weighted by atomic mass is 19.4. The molecule has 3 aromatic rings. The zero-order chi connectivity index (χ0) is 26.4. The summed E-state index contributed by atoms with van der Waals surface area (Å²) in [7, 11) is 0. The molecule has 4 rings (SSSR count). The lowest BCUT2D eigenvalue weighted by Gasteiger charge is -2.19. The molecule has 1 amide bonds. The van der Waals surface area contributed by atoms with Gasteiger partial charge in [0.25, 0.3) is 5.91 Å². The predicted octanol–water partition coefficient (Wildman–Crippen LogP) is 5.72. The first-order valence-corrected chi connectivity index (χ1v) is 10.1. The monoisotopic (exact) mass is 518 g/mol. The van der Waals surface area contributed by atoms with Gasteiger partial charge in [-0.3, -0.25) is 9.78 Å². The first-order valence-electron chi connectivity index (χ1n) is 10.1. The van der Waals surface area contributed by atoms with Gasteiger partial charge in [0.15, 0.2) is 12.7 Å². The summed E-state index contributed by atoms with van der Waals surface area (Å²) >= 11 is 0. The number of aromatic nitrogens is 1. The Morgan fingerprint density at radius 1 is 1.00 bits per heavy atom. The number of aliphatic hydroxyl groups excluding tert-OH is 1. The Kier molecular flexibility index (Phi) is 6.37. The van der Waals surface area contributed by atoms with E-state index in [4.69, 9.17) is 4.74 Å². The van der Waals surface area contributed by atoms with Gasteiger partial charge >= 0.3 is 12.4 Å². The Balaban J connectivity index is 1.70. The normalized spacial score (nSPS) is 14.7. The van der Waals surface area contributed by atoms with Crippen molar-refractivity contribution in [3.63, 3.8) is 0 Å². The molecule has 0 saturated heterocycles. The van der Waals surface area contributed by atoms with Crippen molar-refractivity contribution in [1.29, 1.82) is 0 Å². The van der Waals surface area contributed by atoms with Crippen molar-refractivity contribution < 1.29 is 49.8 Å². The van der Waals surface area contributed by atoms with Crippen LogP contribution in [0.5, 0.6) is 5.75 Å². The van der Waals surface area contributed by atoms with E-state index in [-0.39, 0.29) is 34.6 Å². The molecule has 190 valence electrons. The number of nitrogens with zero attached hydrogens (tertiary/aromatic N) is 2. The van der Waals surface area contributed by atoms with Crippen molar-refractivity contribution in [1.82, 2.24) is 4.98 Å². The summed E-state index contributed by atoms with van der Waals surface area (Å²) in [5, 5.41) is 9.33. The maximum Gasteiger partial charge on any atom is 0.422 e. The van der Waals surface area contributed by atoms with Gasteiger partial charge in [0.1, 0.15) is 17.4 Å². The number of anilines is 1. The van der Waals surface area contributed by atoms with Crippen molar-refractivity contribution in [2.45, 2.75) is 25.0 Å². The highest BCUT2D eigenvalue weighted by Gasteiger charge is 2.41. The molecule has 0 saturated carbocycles. The molecule has 0 radical (unpaired) electrons. The molecular weight excluding hydrogens is 504 g/mol. The Morgan fingerprint density at radius 3 is 2.36 bits per heavy atom. The van der Waals surface area contributed by atoms with Crippen LogP contribution in [0.4, 0.5) is 40.8 Å². The van der Waals surface area contributed by atoms with Crippen molar-refractivity contribution in [2.24, 2.45) is 0 Å². The minimum atomic E-state index is -5.11. The van der Waals surface area contributed by atoms with Crippen LogP contribution < -0.4 is 9.64 Å². The van der Waals surface area contributed by atoms with Crippen molar-refractivity contribution in [3.8, 4) is 17.0 Å². The summed E-state index contributed by atoms with van der Waals surface area (Å²) < 4.78 is 109. The third kappa shape index (κ3) is 4.96. The van der Waals surface area contributed by atoms with E-state index in [9.17, 15) is 45.0 Å². The molecule has 0 fully saturated rings. The van der Waals surface area contributed by atoms with Crippen molar-refractivity contribution >= 4 is 11.6 Å². The van der Waals surface area contributed by atoms with E-state index in [1.54, 1.807) is 0 Å². The molecule has 1 N–H and O–H groups in total. The van der Waals surface area contributed by atoms with E-state index in [2.05, 4.69) is 4.98 Å². The van der Waals surface area contributed by atoms with Crippen LogP contribution in [0.1, 0.15) is 27.6 Å². The molecule has 0 aliphatic carbocycles. The van der Waals surface area contributed by atoms with E-state index >= 15 is 0 Å². The smallest absolute Gasteiger partial charge is 0.422 e. The standard InChI is InChI=1S/C23H14F8N2O3/c24-11-1-3-15(18(7-11)36-10-22(26,27)28)19-16-9-33(21(35)13(16)5-6-32-19)12-2-4-14(17(25)8-12)20(34)23(29,30)31/h1-8,20,34H,9-10H2/t20-/m1/s1. The lowest BCUT2D eigenvalue weighted by Crippen LogP contribution is -2.24. The number of ether oxygens (including phenoxy) is 1. The fraction of sp³-hybridized carbons (Fsp3) is 0.217. The molecule has 2 heterocycles. The molecule has 5 nitrogen and oxygen atoms in total. The summed E-state index contributed by atoms with van der Waals surface area (Å²) in [5.74, 6) is -3.44. The largest absolute Gasteiger partial charge is 0.483 e. The zero-order valence-electron chi connectivity index (χ0n) is 17.8. The van der Waals surface area contributed by atoms with E-state index in [0.717, 1.165) is 29.2 Å². The van der Waals surface area contributed by atoms with E-state index in [1.165, 1.54) is 12.3 Å². The number of benzene rings is 2. The van der Waals surface area contributed by atoms with Crippen LogP contribution in [0.25, 0.3) is 11.3 Å². The van der Waals surface area contributed by atoms with Gasteiger partial charge in [0.2, 0.25) is 0 Å². The van der Waals surface area contributed by atoms with E-state index in [0.29, 0.717) is 12.1 Å². The maximum atomic E-state index is 14.4. The van der Waals surface area contributed by atoms with Crippen LogP contribution in [-0.4, -0.2) is 35.0 Å². The third-order valence-corrected chi connectivity index (χ3v) is 5.34. The Morgan fingerprint density at radius 2 is 1.72 bits per heavy atom. The topological polar surface area (TPSA) is 62.7 Å². The molecule has 13 heteroatoms. The van der Waals surface area contributed by atoms with Gasteiger partial charge in [0.05, 0.1) is 12.2 Å². The van der Waals surface area contributed by atoms with Crippen molar-refractivity contribution in [2.75, 3.05) is 11.5 Å². The molecule has 36 heavy (non-hydrogen) atoms. The maximum absolute atomic E-state index is 14.4. The average Bonchev–Trinajstić information content (AvgIpc) is 3.13. The molecular formula is C23H14F8N2O3. The van der Waals surface area contributed by atoms with Crippen LogP contribution in [0.2, 0.25) is 0 Å². The number of rotatable bonds is 5. The van der Waals surface area contributed by atoms with Gasteiger partial charge in [-0.1, -0.05) is 6.07 Å². The fourth-order valence-electron chi connectivity index (χ4n) is 3.72. The van der Waals surface area contributed by atoms with E-state index < -0.39 is 53.9 Å². The Labute approximate surface area is 197 Å². The fourth-order valence-corrected chi connectivity index (χ4v) is 3.72. The SMILES string of the molecule is O=C1c2ccnc(-c3ccc(F)cc3OCC(F)(F)F)c2CN1c1ccc([C@@H](O)C(F)(F)F)c(F)c1. The summed E-state index contributed by atoms with van der Waals surface area (Å²) in [6.45, 7) is -1.98. The van der Waals surface area contributed by atoms with Gasteiger partial charge in [-0.2, -0.15) is 26.3 Å². The number of alkyl halides is 6. The summed E-state index contributed by atoms with van der Waals surface area (Å²) in [4.78, 5) is 18.1. The number of carbonyl (C=O) groups excluding carboxylic acids is 1. The predicted molar refractivity (Wildman–Crippen MR) is 109 cm³/mol. The van der Waals surface area contributed by atoms with Gasteiger partial charge in [-0.25, -0.2) is 8.78 Å². The number of amides is 1. The van der Waals surface area contributed by atoms with Crippen LogP contribution in [0.15, 0.2) is 48.7 Å². The minimum absolute atomic E-state index is 0.00473. The summed E-state index contributed by atoms with van der Waals surface area (Å²) in [6, 6.07) is 6.49. The second-order valence-corrected chi connectivity index (χ2v) is 7.77. The number of aliphatic hydroxyl groups is 1. The molecule has 0 spiro atoms. The molecule has 1 aliphatic rings. The number of halogens is 8. The van der Waals surface area contributed by atoms with Crippen LogP contribution in [0.3, 0.4) is 0 Å². The van der Waals surface area contributed by atoms with E-state index in [1.807, 2.05) is 0 Å². The highest BCUT2D eigenvalue weighted by Crippen LogP contribution is 2.40.